The number of nitrogens with zero attached hydrogens (tertiary/aromatic N) is 4. The highest BCUT2D eigenvalue weighted by atomic mass is 16.6. The minimum atomic E-state index is -0.550. The summed E-state index contributed by atoms with van der Waals surface area (Å²) in [6.45, 7) is 0.385. The largest absolute Gasteiger partial charge is 0.350 e. The second-order valence-corrected chi connectivity index (χ2v) is 6.87. The third kappa shape index (κ3) is 3.93. The Hall–Kier alpha value is -3.75. The Kier molecular flexibility index (Phi) is 4.94. The van der Waals surface area contributed by atoms with Gasteiger partial charge in [0.25, 0.3) is 11.6 Å². The molecular weight excluding hydrogens is 374 g/mol. The van der Waals surface area contributed by atoms with Crippen LogP contribution in [0.2, 0.25) is 0 Å². The van der Waals surface area contributed by atoms with Gasteiger partial charge in [0, 0.05) is 30.2 Å². The summed E-state index contributed by atoms with van der Waals surface area (Å²) in [6.07, 6.45) is 2.01. The molecule has 0 bridgehead atoms. The van der Waals surface area contributed by atoms with Gasteiger partial charge in [-0.25, -0.2) is 14.0 Å². The molecule has 1 heterocycles. The first kappa shape index (κ1) is 18.6. The van der Waals surface area contributed by atoms with Crippen molar-refractivity contribution in [3.8, 4) is 5.69 Å². The number of benzene rings is 2. The van der Waals surface area contributed by atoms with E-state index in [1.54, 1.807) is 4.57 Å². The van der Waals surface area contributed by atoms with Crippen LogP contribution in [0, 0.1) is 10.1 Å². The van der Waals surface area contributed by atoms with Crippen LogP contribution in [-0.2, 0) is 6.54 Å². The molecule has 1 N–H and O–H groups in total. The van der Waals surface area contributed by atoms with Crippen LogP contribution in [0.3, 0.4) is 0 Å². The number of aromatic nitrogens is 3. The topological polar surface area (TPSA) is 112 Å². The van der Waals surface area contributed by atoms with Gasteiger partial charge in [0.15, 0.2) is 0 Å². The predicted molar refractivity (Wildman–Crippen MR) is 105 cm³/mol. The first-order valence-corrected chi connectivity index (χ1v) is 9.32. The van der Waals surface area contributed by atoms with Crippen molar-refractivity contribution >= 4 is 11.6 Å². The van der Waals surface area contributed by atoms with Gasteiger partial charge in [0.1, 0.15) is 5.82 Å². The van der Waals surface area contributed by atoms with E-state index in [2.05, 4.69) is 10.4 Å². The maximum absolute atomic E-state index is 12.9. The highest BCUT2D eigenvalue weighted by molar-refractivity contribution is 5.94. The van der Waals surface area contributed by atoms with E-state index in [0.717, 1.165) is 24.4 Å². The Morgan fingerprint density at radius 1 is 1.17 bits per heavy atom. The van der Waals surface area contributed by atoms with Gasteiger partial charge < -0.3 is 5.32 Å². The Bertz CT molecular complexity index is 1120. The Labute approximate surface area is 165 Å². The standard InChI is InChI=1S/C20H19N5O4/c26-19(15-5-4-8-17(13-15)25(28)29)21-11-12-23-20(27)24(16-6-2-1-3-7-16)18(22-23)14-9-10-14/h1-8,13-14H,9-12H2,(H,21,26). The van der Waals surface area contributed by atoms with Crippen LogP contribution < -0.4 is 11.0 Å². The molecule has 1 amide bonds. The highest BCUT2D eigenvalue weighted by Gasteiger charge is 2.31. The molecule has 9 nitrogen and oxygen atoms in total. The van der Waals surface area contributed by atoms with Crippen molar-refractivity contribution in [3.63, 3.8) is 0 Å². The molecule has 0 unspecified atom stereocenters. The van der Waals surface area contributed by atoms with E-state index < -0.39 is 10.8 Å². The van der Waals surface area contributed by atoms with Crippen molar-refractivity contribution in [1.29, 1.82) is 0 Å². The van der Waals surface area contributed by atoms with Gasteiger partial charge in [0.05, 0.1) is 17.2 Å². The molecule has 0 atom stereocenters. The predicted octanol–water partition coefficient (Wildman–Crippen LogP) is 2.25. The molecule has 3 aromatic rings. The number of para-hydroxylation sites is 1. The molecule has 0 aliphatic heterocycles. The van der Waals surface area contributed by atoms with Crippen LogP contribution in [0.5, 0.6) is 0 Å². The first-order chi connectivity index (χ1) is 14.0. The number of hydrogen-bond donors (Lipinski definition) is 1. The number of carbonyl (C=O) groups excluding carboxylic acids is 1. The lowest BCUT2D eigenvalue weighted by atomic mass is 10.2. The third-order valence-electron chi connectivity index (χ3n) is 4.75. The van der Waals surface area contributed by atoms with Crippen molar-refractivity contribution in [2.45, 2.75) is 25.3 Å². The molecule has 0 spiro atoms. The fourth-order valence-corrected chi connectivity index (χ4v) is 3.13. The summed E-state index contributed by atoms with van der Waals surface area (Å²) in [7, 11) is 0. The summed E-state index contributed by atoms with van der Waals surface area (Å²) in [4.78, 5) is 35.4. The van der Waals surface area contributed by atoms with Crippen LogP contribution in [0.15, 0.2) is 59.4 Å². The van der Waals surface area contributed by atoms with Crippen molar-refractivity contribution in [3.05, 3.63) is 86.6 Å². The lowest BCUT2D eigenvalue weighted by Gasteiger charge is -2.05. The lowest BCUT2D eigenvalue weighted by Crippen LogP contribution is -2.32. The van der Waals surface area contributed by atoms with E-state index >= 15 is 0 Å². The molecule has 1 saturated carbocycles. The van der Waals surface area contributed by atoms with Crippen molar-refractivity contribution in [1.82, 2.24) is 19.7 Å². The fraction of sp³-hybridized carbons (Fsp3) is 0.250. The SMILES string of the molecule is O=C(NCCn1nc(C2CC2)n(-c2ccccc2)c1=O)c1cccc([N+](=O)[O-])c1. The number of non-ortho nitro benzene ring substituents is 1. The molecule has 2 aromatic carbocycles. The van der Waals surface area contributed by atoms with E-state index in [9.17, 15) is 19.7 Å². The van der Waals surface area contributed by atoms with Crippen molar-refractivity contribution in [2.24, 2.45) is 0 Å². The monoisotopic (exact) mass is 393 g/mol. The molecule has 148 valence electrons. The number of nitro groups is 1. The molecule has 29 heavy (non-hydrogen) atoms. The average molecular weight is 393 g/mol. The van der Waals surface area contributed by atoms with Crippen LogP contribution in [0.1, 0.15) is 34.9 Å². The second kappa shape index (κ2) is 7.70. The summed E-state index contributed by atoms with van der Waals surface area (Å²) >= 11 is 0. The summed E-state index contributed by atoms with van der Waals surface area (Å²) in [5, 5.41) is 18.0. The molecule has 1 fully saturated rings. The van der Waals surface area contributed by atoms with E-state index in [0.29, 0.717) is 0 Å². The minimum absolute atomic E-state index is 0.149. The van der Waals surface area contributed by atoms with Gasteiger partial charge in [0.2, 0.25) is 0 Å². The number of nitro benzene ring substituents is 1. The van der Waals surface area contributed by atoms with E-state index in [1.165, 1.54) is 28.9 Å². The van der Waals surface area contributed by atoms with Crippen LogP contribution in [-0.4, -0.2) is 31.7 Å². The number of hydrogen-bond acceptors (Lipinski definition) is 5. The van der Waals surface area contributed by atoms with Crippen molar-refractivity contribution < 1.29 is 9.72 Å². The lowest BCUT2D eigenvalue weighted by molar-refractivity contribution is -0.384. The fourth-order valence-electron chi connectivity index (χ4n) is 3.13. The quantitative estimate of drug-likeness (QED) is 0.489. The summed E-state index contributed by atoms with van der Waals surface area (Å²) in [5.74, 6) is 0.585. The van der Waals surface area contributed by atoms with Gasteiger partial charge in [-0.3, -0.25) is 14.9 Å². The summed E-state index contributed by atoms with van der Waals surface area (Å²) in [5.41, 5.74) is 0.568. The molecule has 4 rings (SSSR count). The maximum Gasteiger partial charge on any atom is 0.350 e. The zero-order valence-corrected chi connectivity index (χ0v) is 15.5. The van der Waals surface area contributed by atoms with Crippen LogP contribution in [0.4, 0.5) is 5.69 Å². The highest BCUT2D eigenvalue weighted by Crippen LogP contribution is 2.39. The normalized spacial score (nSPS) is 13.2. The Morgan fingerprint density at radius 2 is 1.93 bits per heavy atom. The van der Waals surface area contributed by atoms with E-state index in [-0.39, 0.29) is 35.9 Å². The second-order valence-electron chi connectivity index (χ2n) is 6.87. The molecule has 1 aliphatic rings. The van der Waals surface area contributed by atoms with Gasteiger partial charge in [-0.2, -0.15) is 5.10 Å². The number of rotatable bonds is 7. The maximum atomic E-state index is 12.9. The summed E-state index contributed by atoms with van der Waals surface area (Å²) < 4.78 is 2.98. The zero-order valence-electron chi connectivity index (χ0n) is 15.5. The van der Waals surface area contributed by atoms with Gasteiger partial charge in [-0.05, 0) is 31.0 Å². The molecular formula is C20H19N5O4. The van der Waals surface area contributed by atoms with Crippen molar-refractivity contribution in [2.75, 3.05) is 6.54 Å². The van der Waals surface area contributed by atoms with E-state index in [4.69, 9.17) is 0 Å². The average Bonchev–Trinajstić information content (AvgIpc) is 3.53. The zero-order chi connectivity index (χ0) is 20.4. The molecule has 1 aromatic heterocycles. The van der Waals surface area contributed by atoms with Gasteiger partial charge in [-0.15, -0.1) is 0 Å². The smallest absolute Gasteiger partial charge is 0.350 e. The van der Waals surface area contributed by atoms with Gasteiger partial charge in [-0.1, -0.05) is 24.3 Å². The Balaban J connectivity index is 1.48. The molecule has 0 saturated heterocycles. The first-order valence-electron chi connectivity index (χ1n) is 9.32. The van der Waals surface area contributed by atoms with Crippen LogP contribution >= 0.6 is 0 Å². The number of amides is 1. The minimum Gasteiger partial charge on any atom is -0.350 e. The van der Waals surface area contributed by atoms with E-state index in [1.807, 2.05) is 30.3 Å². The molecule has 0 radical (unpaired) electrons. The van der Waals surface area contributed by atoms with Crippen LogP contribution in [0.25, 0.3) is 5.69 Å². The molecule has 1 aliphatic carbocycles. The number of nitrogens with one attached hydrogen (secondary N) is 1. The summed E-state index contributed by atoms with van der Waals surface area (Å²) in [6, 6.07) is 14.9. The third-order valence-corrected chi connectivity index (χ3v) is 4.75. The number of carbonyl (C=O) groups is 1. The van der Waals surface area contributed by atoms with Gasteiger partial charge >= 0.3 is 5.69 Å². The molecule has 9 heteroatoms. The Morgan fingerprint density at radius 3 is 2.62 bits per heavy atom.